The normalized spacial score (nSPS) is 10.1. The minimum atomic E-state index is -0.186. The Labute approximate surface area is 130 Å². The van der Waals surface area contributed by atoms with Gasteiger partial charge in [-0.25, -0.2) is 0 Å². The van der Waals surface area contributed by atoms with Crippen molar-refractivity contribution in [1.82, 2.24) is 5.32 Å². The lowest BCUT2D eigenvalue weighted by molar-refractivity contribution is -0.115. The Kier molecular flexibility index (Phi) is 5.31. The zero-order valence-corrected chi connectivity index (χ0v) is 12.8. The second kappa shape index (κ2) is 7.41. The summed E-state index contributed by atoms with van der Waals surface area (Å²) in [6.45, 7) is 4.38. The van der Waals surface area contributed by atoms with Crippen LogP contribution in [0.5, 0.6) is 0 Å². The summed E-state index contributed by atoms with van der Waals surface area (Å²) >= 11 is 0. The Balaban J connectivity index is 2.12. The van der Waals surface area contributed by atoms with Gasteiger partial charge in [0.2, 0.25) is 5.91 Å². The molecule has 2 aromatic carbocycles. The Hall–Kier alpha value is -2.62. The van der Waals surface area contributed by atoms with Crippen LogP contribution in [0.15, 0.2) is 48.5 Å². The van der Waals surface area contributed by atoms with Gasteiger partial charge in [-0.15, -0.1) is 0 Å². The van der Waals surface area contributed by atoms with E-state index in [0.717, 1.165) is 11.1 Å². The number of hydrogen-bond donors (Lipinski definition) is 2. The van der Waals surface area contributed by atoms with Gasteiger partial charge in [0.25, 0.3) is 5.91 Å². The van der Waals surface area contributed by atoms with Gasteiger partial charge >= 0.3 is 0 Å². The van der Waals surface area contributed by atoms with Gasteiger partial charge in [0, 0.05) is 6.54 Å². The van der Waals surface area contributed by atoms with Crippen molar-refractivity contribution >= 4 is 17.5 Å². The highest BCUT2D eigenvalue weighted by Gasteiger charge is 2.13. The Morgan fingerprint density at radius 1 is 1.00 bits per heavy atom. The summed E-state index contributed by atoms with van der Waals surface area (Å²) in [5, 5.41) is 5.57. The van der Waals surface area contributed by atoms with Gasteiger partial charge in [-0.1, -0.05) is 36.4 Å². The topological polar surface area (TPSA) is 58.2 Å². The third kappa shape index (κ3) is 3.95. The number of para-hydroxylation sites is 1. The number of amides is 2. The van der Waals surface area contributed by atoms with Crippen LogP contribution in [0.1, 0.15) is 28.4 Å². The number of benzene rings is 2. The van der Waals surface area contributed by atoms with E-state index in [1.165, 1.54) is 0 Å². The van der Waals surface area contributed by atoms with Gasteiger partial charge in [0.15, 0.2) is 0 Å². The Bertz CT molecular complexity index is 680. The van der Waals surface area contributed by atoms with E-state index in [9.17, 15) is 9.59 Å². The molecule has 0 unspecified atom stereocenters. The molecule has 4 heteroatoms. The van der Waals surface area contributed by atoms with Gasteiger partial charge in [0.1, 0.15) is 0 Å². The van der Waals surface area contributed by atoms with Crippen LogP contribution in [-0.4, -0.2) is 18.4 Å². The quantitative estimate of drug-likeness (QED) is 0.891. The van der Waals surface area contributed by atoms with Gasteiger partial charge in [0.05, 0.1) is 17.7 Å². The molecule has 0 aliphatic rings. The minimum Gasteiger partial charge on any atom is -0.352 e. The van der Waals surface area contributed by atoms with Crippen molar-refractivity contribution in [3.63, 3.8) is 0 Å². The molecule has 0 heterocycles. The van der Waals surface area contributed by atoms with Crippen LogP contribution in [0.25, 0.3) is 0 Å². The number of carbonyl (C=O) groups excluding carboxylic acids is 2. The first-order valence-corrected chi connectivity index (χ1v) is 7.33. The molecule has 4 nitrogen and oxygen atoms in total. The largest absolute Gasteiger partial charge is 0.352 e. The van der Waals surface area contributed by atoms with Crippen molar-refractivity contribution in [3.8, 4) is 0 Å². The van der Waals surface area contributed by atoms with Crippen LogP contribution in [0.2, 0.25) is 0 Å². The fourth-order valence-electron chi connectivity index (χ4n) is 2.22. The number of hydrogen-bond acceptors (Lipinski definition) is 2. The molecule has 0 saturated heterocycles. The molecule has 2 amide bonds. The van der Waals surface area contributed by atoms with E-state index in [4.69, 9.17) is 0 Å². The summed E-state index contributed by atoms with van der Waals surface area (Å²) in [6.07, 6.45) is 0.288. The van der Waals surface area contributed by atoms with E-state index in [1.54, 1.807) is 24.3 Å². The first kappa shape index (κ1) is 15.8. The van der Waals surface area contributed by atoms with Crippen LogP contribution in [0, 0.1) is 6.92 Å². The third-order valence-corrected chi connectivity index (χ3v) is 3.40. The summed E-state index contributed by atoms with van der Waals surface area (Å²) in [6, 6.07) is 14.8. The number of nitrogens with one attached hydrogen (secondary N) is 2. The monoisotopic (exact) mass is 296 g/mol. The summed E-state index contributed by atoms with van der Waals surface area (Å²) < 4.78 is 0. The lowest BCUT2D eigenvalue weighted by atomic mass is 10.1. The number of carbonyl (C=O) groups is 2. The Morgan fingerprint density at radius 3 is 2.41 bits per heavy atom. The maximum atomic E-state index is 12.2. The molecule has 0 atom stereocenters. The Morgan fingerprint density at radius 2 is 1.68 bits per heavy atom. The van der Waals surface area contributed by atoms with E-state index < -0.39 is 0 Å². The second-order valence-corrected chi connectivity index (χ2v) is 5.06. The molecule has 2 rings (SSSR count). The molecular weight excluding hydrogens is 276 g/mol. The predicted molar refractivity (Wildman–Crippen MR) is 88.0 cm³/mol. The second-order valence-electron chi connectivity index (χ2n) is 5.06. The van der Waals surface area contributed by atoms with Crippen molar-refractivity contribution in [1.29, 1.82) is 0 Å². The van der Waals surface area contributed by atoms with E-state index in [2.05, 4.69) is 10.6 Å². The first-order chi connectivity index (χ1) is 10.6. The highest BCUT2D eigenvalue weighted by molar-refractivity contribution is 6.04. The van der Waals surface area contributed by atoms with Crippen molar-refractivity contribution in [3.05, 3.63) is 65.2 Å². The van der Waals surface area contributed by atoms with Gasteiger partial charge in [-0.3, -0.25) is 9.59 Å². The van der Waals surface area contributed by atoms with Crippen LogP contribution >= 0.6 is 0 Å². The number of aryl methyl sites for hydroxylation is 1. The highest BCUT2D eigenvalue weighted by Crippen LogP contribution is 2.16. The molecule has 0 radical (unpaired) electrons. The lowest BCUT2D eigenvalue weighted by Gasteiger charge is -2.11. The van der Waals surface area contributed by atoms with E-state index in [1.807, 2.05) is 38.1 Å². The summed E-state index contributed by atoms with van der Waals surface area (Å²) in [4.78, 5) is 24.2. The molecule has 0 bridgehead atoms. The molecule has 0 saturated carbocycles. The maximum Gasteiger partial charge on any atom is 0.253 e. The summed E-state index contributed by atoms with van der Waals surface area (Å²) in [5.74, 6) is -0.319. The van der Waals surface area contributed by atoms with Crippen molar-refractivity contribution in [2.75, 3.05) is 11.9 Å². The van der Waals surface area contributed by atoms with Crippen molar-refractivity contribution in [2.45, 2.75) is 20.3 Å². The zero-order chi connectivity index (χ0) is 15.9. The zero-order valence-electron chi connectivity index (χ0n) is 12.8. The fraction of sp³-hybridized carbons (Fsp3) is 0.222. The van der Waals surface area contributed by atoms with Crippen molar-refractivity contribution < 1.29 is 9.59 Å². The van der Waals surface area contributed by atoms with E-state index >= 15 is 0 Å². The molecule has 114 valence electrons. The molecule has 0 spiro atoms. The molecule has 2 N–H and O–H groups in total. The first-order valence-electron chi connectivity index (χ1n) is 7.33. The SMILES string of the molecule is CCNC(=O)c1ccccc1NC(=O)Cc1ccccc1C. The number of anilines is 1. The minimum absolute atomic E-state index is 0.133. The molecule has 2 aromatic rings. The summed E-state index contributed by atoms with van der Waals surface area (Å²) in [7, 11) is 0. The van der Waals surface area contributed by atoms with E-state index in [0.29, 0.717) is 17.8 Å². The summed E-state index contributed by atoms with van der Waals surface area (Å²) in [5.41, 5.74) is 3.07. The predicted octanol–water partition coefficient (Wildman–Crippen LogP) is 2.93. The average Bonchev–Trinajstić information content (AvgIpc) is 2.50. The maximum absolute atomic E-state index is 12.2. The van der Waals surface area contributed by atoms with E-state index in [-0.39, 0.29) is 18.2 Å². The standard InChI is InChI=1S/C18H20N2O2/c1-3-19-18(22)15-10-6-7-11-16(15)20-17(21)12-14-9-5-4-8-13(14)2/h4-11H,3,12H2,1-2H3,(H,19,22)(H,20,21). The van der Waals surface area contributed by atoms with Crippen LogP contribution < -0.4 is 10.6 Å². The molecule has 0 fully saturated rings. The van der Waals surface area contributed by atoms with Crippen LogP contribution in [0.3, 0.4) is 0 Å². The van der Waals surface area contributed by atoms with Gasteiger partial charge < -0.3 is 10.6 Å². The third-order valence-electron chi connectivity index (χ3n) is 3.40. The molecule has 22 heavy (non-hydrogen) atoms. The van der Waals surface area contributed by atoms with Gasteiger partial charge in [-0.05, 0) is 37.1 Å². The number of rotatable bonds is 5. The molecule has 0 aliphatic heterocycles. The smallest absolute Gasteiger partial charge is 0.253 e. The van der Waals surface area contributed by atoms with Gasteiger partial charge in [-0.2, -0.15) is 0 Å². The average molecular weight is 296 g/mol. The highest BCUT2D eigenvalue weighted by atomic mass is 16.2. The molecular formula is C18H20N2O2. The van der Waals surface area contributed by atoms with Crippen LogP contribution in [-0.2, 0) is 11.2 Å². The van der Waals surface area contributed by atoms with Crippen LogP contribution in [0.4, 0.5) is 5.69 Å². The lowest BCUT2D eigenvalue weighted by Crippen LogP contribution is -2.25. The fourth-order valence-corrected chi connectivity index (χ4v) is 2.22. The molecule has 0 aliphatic carbocycles. The van der Waals surface area contributed by atoms with Crippen molar-refractivity contribution in [2.24, 2.45) is 0 Å². The molecule has 0 aromatic heterocycles.